The molecular weight excluding hydrogens is 172 g/mol. The molecule has 13 heavy (non-hydrogen) atoms. The smallest absolute Gasteiger partial charge is 0.409 e. The number of hydrogen-bond acceptors (Lipinski definition) is 3. The van der Waals surface area contributed by atoms with Gasteiger partial charge in [0.15, 0.2) is 5.96 Å². The highest BCUT2D eigenvalue weighted by atomic mass is 16.5. The van der Waals surface area contributed by atoms with Crippen molar-refractivity contribution in [3.8, 4) is 0 Å². The molecule has 1 aliphatic rings. The third kappa shape index (κ3) is 2.24. The van der Waals surface area contributed by atoms with Crippen LogP contribution in [-0.2, 0) is 4.74 Å². The molecule has 0 atom stereocenters. The summed E-state index contributed by atoms with van der Waals surface area (Å²) < 4.78 is 4.57. The van der Waals surface area contributed by atoms with Gasteiger partial charge < -0.3 is 20.3 Å². The standard InChI is InChI=1S/C7H14N4O2/c1-13-7(12)11-4-2-10(3-5-11)6(8)9/h2-5H2,1H3,(H3,8,9). The first-order valence-electron chi connectivity index (χ1n) is 4.07. The zero-order valence-electron chi connectivity index (χ0n) is 7.62. The molecule has 1 fully saturated rings. The summed E-state index contributed by atoms with van der Waals surface area (Å²) in [6, 6.07) is 0. The molecule has 0 aromatic heterocycles. The molecule has 0 saturated carbocycles. The van der Waals surface area contributed by atoms with Crippen LogP contribution in [0.1, 0.15) is 0 Å². The highest BCUT2D eigenvalue weighted by molar-refractivity contribution is 5.75. The highest BCUT2D eigenvalue weighted by Gasteiger charge is 2.21. The maximum atomic E-state index is 11.0. The summed E-state index contributed by atoms with van der Waals surface area (Å²) >= 11 is 0. The Labute approximate surface area is 76.7 Å². The van der Waals surface area contributed by atoms with Gasteiger partial charge in [0.1, 0.15) is 0 Å². The summed E-state index contributed by atoms with van der Waals surface area (Å²) in [5.74, 6) is 0.0597. The van der Waals surface area contributed by atoms with E-state index in [1.807, 2.05) is 0 Å². The number of piperazine rings is 1. The second-order valence-corrected chi connectivity index (χ2v) is 2.83. The SMILES string of the molecule is COC(=O)N1CCN(C(=N)N)CC1. The lowest BCUT2D eigenvalue weighted by Crippen LogP contribution is -2.52. The highest BCUT2D eigenvalue weighted by Crippen LogP contribution is 2.01. The number of ether oxygens (including phenoxy) is 1. The van der Waals surface area contributed by atoms with Crippen LogP contribution in [0.3, 0.4) is 0 Å². The lowest BCUT2D eigenvalue weighted by Gasteiger charge is -2.33. The molecule has 0 unspecified atom stereocenters. The Morgan fingerprint density at radius 3 is 2.15 bits per heavy atom. The van der Waals surface area contributed by atoms with Crippen molar-refractivity contribution in [2.24, 2.45) is 5.73 Å². The van der Waals surface area contributed by atoms with E-state index in [4.69, 9.17) is 11.1 Å². The Kier molecular flexibility index (Phi) is 2.94. The molecule has 3 N–H and O–H groups in total. The maximum Gasteiger partial charge on any atom is 0.409 e. The fourth-order valence-corrected chi connectivity index (χ4v) is 1.26. The van der Waals surface area contributed by atoms with Gasteiger partial charge in [0.2, 0.25) is 0 Å². The van der Waals surface area contributed by atoms with Crippen molar-refractivity contribution < 1.29 is 9.53 Å². The van der Waals surface area contributed by atoms with E-state index in [1.54, 1.807) is 9.80 Å². The molecule has 0 spiro atoms. The summed E-state index contributed by atoms with van der Waals surface area (Å²) in [7, 11) is 1.36. The molecule has 0 aromatic carbocycles. The molecule has 0 radical (unpaired) electrons. The summed E-state index contributed by atoms with van der Waals surface area (Å²) in [5.41, 5.74) is 5.30. The molecule has 1 amide bonds. The van der Waals surface area contributed by atoms with E-state index in [1.165, 1.54) is 7.11 Å². The number of amides is 1. The first-order valence-corrected chi connectivity index (χ1v) is 4.07. The molecule has 0 aliphatic carbocycles. The van der Waals surface area contributed by atoms with E-state index in [-0.39, 0.29) is 12.1 Å². The minimum Gasteiger partial charge on any atom is -0.453 e. The van der Waals surface area contributed by atoms with E-state index >= 15 is 0 Å². The van der Waals surface area contributed by atoms with E-state index in [0.717, 1.165) is 0 Å². The van der Waals surface area contributed by atoms with Crippen LogP contribution in [0.15, 0.2) is 0 Å². The number of nitrogens with two attached hydrogens (primary N) is 1. The molecule has 0 bridgehead atoms. The Morgan fingerprint density at radius 2 is 1.77 bits per heavy atom. The first-order chi connectivity index (χ1) is 6.15. The van der Waals surface area contributed by atoms with E-state index in [0.29, 0.717) is 26.2 Å². The average molecular weight is 186 g/mol. The molecular formula is C7H14N4O2. The van der Waals surface area contributed by atoms with Crippen LogP contribution in [0.5, 0.6) is 0 Å². The number of guanidine groups is 1. The van der Waals surface area contributed by atoms with Gasteiger partial charge in [-0.3, -0.25) is 5.41 Å². The van der Waals surface area contributed by atoms with E-state index in [9.17, 15) is 4.79 Å². The lowest BCUT2D eigenvalue weighted by molar-refractivity contribution is 0.106. The zero-order chi connectivity index (χ0) is 9.84. The van der Waals surface area contributed by atoms with Gasteiger partial charge in [-0.25, -0.2) is 4.79 Å². The molecule has 6 nitrogen and oxygen atoms in total. The monoisotopic (exact) mass is 186 g/mol. The van der Waals surface area contributed by atoms with Crippen LogP contribution < -0.4 is 5.73 Å². The predicted molar refractivity (Wildman–Crippen MR) is 47.5 cm³/mol. The fraction of sp³-hybridized carbons (Fsp3) is 0.714. The van der Waals surface area contributed by atoms with E-state index in [2.05, 4.69) is 4.74 Å². The van der Waals surface area contributed by atoms with Crippen LogP contribution >= 0.6 is 0 Å². The van der Waals surface area contributed by atoms with Gasteiger partial charge in [-0.2, -0.15) is 0 Å². The quantitative estimate of drug-likeness (QED) is 0.385. The predicted octanol–water partition coefficient (Wildman–Crippen LogP) is -0.736. The number of carbonyl (C=O) groups excluding carboxylic acids is 1. The second kappa shape index (κ2) is 3.97. The number of nitrogens with zero attached hydrogens (tertiary/aromatic N) is 2. The molecule has 6 heteroatoms. The van der Waals surface area contributed by atoms with Gasteiger partial charge >= 0.3 is 6.09 Å². The van der Waals surface area contributed by atoms with E-state index < -0.39 is 0 Å². The van der Waals surface area contributed by atoms with Gasteiger partial charge in [0.25, 0.3) is 0 Å². The maximum absolute atomic E-state index is 11.0. The molecule has 1 rings (SSSR count). The minimum absolute atomic E-state index is 0.0597. The number of methoxy groups -OCH3 is 1. The van der Waals surface area contributed by atoms with Crippen molar-refractivity contribution in [2.75, 3.05) is 33.3 Å². The Bertz CT molecular complexity index is 211. The number of rotatable bonds is 0. The fourth-order valence-electron chi connectivity index (χ4n) is 1.26. The lowest BCUT2D eigenvalue weighted by atomic mass is 10.3. The molecule has 1 saturated heterocycles. The average Bonchev–Trinajstić information content (AvgIpc) is 2.17. The van der Waals surface area contributed by atoms with Crippen LogP contribution in [0.25, 0.3) is 0 Å². The van der Waals surface area contributed by atoms with Gasteiger partial charge in [-0.1, -0.05) is 0 Å². The molecule has 0 aromatic rings. The van der Waals surface area contributed by atoms with Gasteiger partial charge in [-0.05, 0) is 0 Å². The molecule has 1 aliphatic heterocycles. The van der Waals surface area contributed by atoms with Crippen molar-refractivity contribution in [1.82, 2.24) is 9.80 Å². The Morgan fingerprint density at radius 1 is 1.31 bits per heavy atom. The summed E-state index contributed by atoms with van der Waals surface area (Å²) in [6.45, 7) is 2.33. The molecule has 1 heterocycles. The third-order valence-electron chi connectivity index (χ3n) is 2.05. The number of carbonyl (C=O) groups is 1. The van der Waals surface area contributed by atoms with Crippen molar-refractivity contribution in [3.63, 3.8) is 0 Å². The normalized spacial score (nSPS) is 17.0. The Balaban J connectivity index is 2.39. The summed E-state index contributed by atoms with van der Waals surface area (Å²) in [6.07, 6.45) is -0.316. The van der Waals surface area contributed by atoms with Crippen molar-refractivity contribution in [2.45, 2.75) is 0 Å². The number of hydrogen-bond donors (Lipinski definition) is 2. The zero-order valence-corrected chi connectivity index (χ0v) is 7.62. The van der Waals surface area contributed by atoms with Gasteiger partial charge in [0.05, 0.1) is 7.11 Å². The van der Waals surface area contributed by atoms with Crippen molar-refractivity contribution >= 4 is 12.1 Å². The van der Waals surface area contributed by atoms with Crippen LogP contribution in [0, 0.1) is 5.41 Å². The van der Waals surface area contributed by atoms with Crippen LogP contribution in [0.2, 0.25) is 0 Å². The molecule has 74 valence electrons. The topological polar surface area (TPSA) is 82.7 Å². The number of nitrogens with one attached hydrogen (secondary N) is 1. The second-order valence-electron chi connectivity index (χ2n) is 2.83. The van der Waals surface area contributed by atoms with Crippen LogP contribution in [0.4, 0.5) is 4.79 Å². The van der Waals surface area contributed by atoms with Crippen molar-refractivity contribution in [3.05, 3.63) is 0 Å². The largest absolute Gasteiger partial charge is 0.453 e. The summed E-state index contributed by atoms with van der Waals surface area (Å²) in [4.78, 5) is 14.4. The van der Waals surface area contributed by atoms with Crippen molar-refractivity contribution in [1.29, 1.82) is 5.41 Å². The minimum atomic E-state index is -0.316. The van der Waals surface area contributed by atoms with Gasteiger partial charge in [-0.15, -0.1) is 0 Å². The third-order valence-corrected chi connectivity index (χ3v) is 2.05. The van der Waals surface area contributed by atoms with Gasteiger partial charge in [0, 0.05) is 26.2 Å². The first kappa shape index (κ1) is 9.63. The van der Waals surface area contributed by atoms with Crippen LogP contribution in [-0.4, -0.2) is 55.1 Å². The summed E-state index contributed by atoms with van der Waals surface area (Å²) in [5, 5.41) is 7.18. The Hall–Kier alpha value is -1.46.